The first-order valence-electron chi connectivity index (χ1n) is 6.52. The van der Waals surface area contributed by atoms with Crippen LogP contribution in [0.1, 0.15) is 12.5 Å². The number of nitrogens with two attached hydrogens (primary N) is 2. The molecule has 116 valence electrons. The van der Waals surface area contributed by atoms with Crippen LogP contribution < -0.4 is 28.0 Å². The second-order valence-corrected chi connectivity index (χ2v) is 4.91. The molecule has 0 saturated heterocycles. The van der Waals surface area contributed by atoms with Gasteiger partial charge in [-0.2, -0.15) is 0 Å². The molecule has 2 aromatic rings. The van der Waals surface area contributed by atoms with Crippen molar-refractivity contribution in [1.29, 1.82) is 0 Å². The number of benzene rings is 1. The van der Waals surface area contributed by atoms with Gasteiger partial charge >= 0.3 is 5.69 Å². The van der Waals surface area contributed by atoms with Crippen molar-refractivity contribution >= 4 is 23.1 Å². The SMILES string of the molecule is CC(=O)Nc1ccc(Cn2c(N)c(N)c(=O)n(C)c2=O)cc1. The Bertz CT molecular complexity index is 833. The number of nitrogens with one attached hydrogen (secondary N) is 1. The van der Waals surface area contributed by atoms with Gasteiger partial charge in [-0.05, 0) is 17.7 Å². The number of carbonyl (C=O) groups is 1. The minimum absolute atomic E-state index is 0.0564. The Labute approximate surface area is 126 Å². The molecule has 0 fully saturated rings. The highest BCUT2D eigenvalue weighted by molar-refractivity contribution is 5.88. The van der Waals surface area contributed by atoms with E-state index in [1.165, 1.54) is 18.5 Å². The maximum atomic E-state index is 12.1. The van der Waals surface area contributed by atoms with Crippen molar-refractivity contribution < 1.29 is 4.79 Å². The second kappa shape index (κ2) is 5.76. The number of carbonyl (C=O) groups excluding carboxylic acids is 1. The highest BCUT2D eigenvalue weighted by Crippen LogP contribution is 2.13. The molecule has 0 aliphatic rings. The Morgan fingerprint density at radius 2 is 1.77 bits per heavy atom. The van der Waals surface area contributed by atoms with Crippen molar-refractivity contribution in [1.82, 2.24) is 9.13 Å². The van der Waals surface area contributed by atoms with E-state index in [-0.39, 0.29) is 24.0 Å². The highest BCUT2D eigenvalue weighted by Gasteiger charge is 2.12. The van der Waals surface area contributed by atoms with Gasteiger partial charge < -0.3 is 16.8 Å². The van der Waals surface area contributed by atoms with E-state index in [0.29, 0.717) is 5.69 Å². The lowest BCUT2D eigenvalue weighted by Gasteiger charge is -2.13. The number of nitrogen functional groups attached to an aromatic ring is 2. The molecule has 1 aromatic heterocycles. The fourth-order valence-corrected chi connectivity index (χ4v) is 2.04. The van der Waals surface area contributed by atoms with Crippen LogP contribution in [0.15, 0.2) is 33.9 Å². The van der Waals surface area contributed by atoms with Gasteiger partial charge in [-0.1, -0.05) is 12.1 Å². The Kier molecular flexibility index (Phi) is 4.02. The summed E-state index contributed by atoms with van der Waals surface area (Å²) in [5.74, 6) is -0.224. The fourth-order valence-electron chi connectivity index (χ4n) is 2.04. The summed E-state index contributed by atoms with van der Waals surface area (Å²) in [7, 11) is 1.34. The van der Waals surface area contributed by atoms with Crippen LogP contribution in [0.2, 0.25) is 0 Å². The predicted octanol–water partition coefficient (Wildman–Crippen LogP) is -0.282. The number of aromatic nitrogens is 2. The second-order valence-electron chi connectivity index (χ2n) is 4.91. The fraction of sp³-hybridized carbons (Fsp3) is 0.214. The Balaban J connectivity index is 2.38. The zero-order valence-corrected chi connectivity index (χ0v) is 12.3. The van der Waals surface area contributed by atoms with Gasteiger partial charge in [0, 0.05) is 19.7 Å². The molecule has 0 atom stereocenters. The predicted molar refractivity (Wildman–Crippen MR) is 84.6 cm³/mol. The van der Waals surface area contributed by atoms with Crippen molar-refractivity contribution in [3.63, 3.8) is 0 Å². The molecule has 0 aliphatic heterocycles. The summed E-state index contributed by atoms with van der Waals surface area (Å²) in [6.45, 7) is 1.59. The van der Waals surface area contributed by atoms with Crippen molar-refractivity contribution in [2.24, 2.45) is 7.05 Å². The van der Waals surface area contributed by atoms with Crippen LogP contribution in [-0.2, 0) is 18.4 Å². The molecule has 1 heterocycles. The lowest BCUT2D eigenvalue weighted by molar-refractivity contribution is -0.114. The lowest BCUT2D eigenvalue weighted by Crippen LogP contribution is -2.40. The maximum absolute atomic E-state index is 12.1. The number of hydrogen-bond donors (Lipinski definition) is 3. The van der Waals surface area contributed by atoms with Crippen LogP contribution in [0.4, 0.5) is 17.2 Å². The van der Waals surface area contributed by atoms with Crippen molar-refractivity contribution in [2.45, 2.75) is 13.5 Å². The molecular weight excluding hydrogens is 286 g/mol. The van der Waals surface area contributed by atoms with Gasteiger partial charge in [0.2, 0.25) is 5.91 Å². The molecule has 1 aromatic carbocycles. The minimum atomic E-state index is -0.611. The number of nitrogens with zero attached hydrogens (tertiary/aromatic N) is 2. The van der Waals surface area contributed by atoms with Gasteiger partial charge in [-0.15, -0.1) is 0 Å². The molecule has 22 heavy (non-hydrogen) atoms. The smallest absolute Gasteiger partial charge is 0.332 e. The summed E-state index contributed by atoms with van der Waals surface area (Å²) in [5.41, 5.74) is 11.5. The first-order chi connectivity index (χ1) is 10.3. The van der Waals surface area contributed by atoms with Crippen LogP contribution in [0.5, 0.6) is 0 Å². The van der Waals surface area contributed by atoms with Gasteiger partial charge in [-0.3, -0.25) is 18.7 Å². The topological polar surface area (TPSA) is 125 Å². The zero-order chi connectivity index (χ0) is 16.4. The van der Waals surface area contributed by atoms with E-state index in [1.807, 2.05) is 0 Å². The third-order valence-electron chi connectivity index (χ3n) is 3.23. The molecule has 0 spiro atoms. The van der Waals surface area contributed by atoms with Crippen LogP contribution in [0.25, 0.3) is 0 Å². The monoisotopic (exact) mass is 303 g/mol. The van der Waals surface area contributed by atoms with E-state index in [0.717, 1.165) is 10.1 Å². The molecule has 0 radical (unpaired) electrons. The Morgan fingerprint density at radius 3 is 2.32 bits per heavy atom. The normalized spacial score (nSPS) is 10.5. The van der Waals surface area contributed by atoms with Crippen molar-refractivity contribution in [2.75, 3.05) is 16.8 Å². The molecule has 0 aliphatic carbocycles. The third kappa shape index (κ3) is 2.85. The molecule has 8 heteroatoms. The summed E-state index contributed by atoms with van der Waals surface area (Å²) in [6.07, 6.45) is 0. The first-order valence-corrected chi connectivity index (χ1v) is 6.52. The molecule has 0 unspecified atom stereocenters. The van der Waals surface area contributed by atoms with Crippen molar-refractivity contribution in [3.05, 3.63) is 50.7 Å². The van der Waals surface area contributed by atoms with Crippen LogP contribution in [-0.4, -0.2) is 15.0 Å². The van der Waals surface area contributed by atoms with E-state index in [9.17, 15) is 14.4 Å². The van der Waals surface area contributed by atoms with Gasteiger partial charge in [0.05, 0.1) is 6.54 Å². The summed E-state index contributed by atoms with van der Waals surface area (Å²) in [4.78, 5) is 34.7. The van der Waals surface area contributed by atoms with E-state index in [4.69, 9.17) is 11.5 Å². The lowest BCUT2D eigenvalue weighted by atomic mass is 10.2. The standard InChI is InChI=1S/C14H17N5O3/c1-8(20)17-10-5-3-9(4-6-10)7-19-12(16)11(15)13(21)18(2)14(19)22/h3-6H,7,15-16H2,1-2H3,(H,17,20). The van der Waals surface area contributed by atoms with E-state index >= 15 is 0 Å². The summed E-state index contributed by atoms with van der Waals surface area (Å²) in [5, 5.41) is 2.65. The van der Waals surface area contributed by atoms with E-state index in [1.54, 1.807) is 24.3 Å². The van der Waals surface area contributed by atoms with Gasteiger partial charge in [0.15, 0.2) is 0 Å². The average Bonchev–Trinajstić information content (AvgIpc) is 2.49. The molecule has 8 nitrogen and oxygen atoms in total. The molecule has 5 N–H and O–H groups in total. The largest absolute Gasteiger partial charge is 0.391 e. The molecule has 2 rings (SSSR count). The van der Waals surface area contributed by atoms with Crippen LogP contribution >= 0.6 is 0 Å². The number of amides is 1. The minimum Gasteiger partial charge on any atom is -0.391 e. The maximum Gasteiger partial charge on any atom is 0.332 e. The van der Waals surface area contributed by atoms with Gasteiger partial charge in [0.25, 0.3) is 5.56 Å². The van der Waals surface area contributed by atoms with E-state index in [2.05, 4.69) is 5.32 Å². The number of rotatable bonds is 3. The van der Waals surface area contributed by atoms with Crippen LogP contribution in [0.3, 0.4) is 0 Å². The van der Waals surface area contributed by atoms with E-state index < -0.39 is 11.2 Å². The van der Waals surface area contributed by atoms with Crippen LogP contribution in [0, 0.1) is 0 Å². The number of anilines is 3. The van der Waals surface area contributed by atoms with Crippen molar-refractivity contribution in [3.8, 4) is 0 Å². The van der Waals surface area contributed by atoms with Gasteiger partial charge in [-0.25, -0.2) is 4.79 Å². The average molecular weight is 303 g/mol. The number of hydrogen-bond acceptors (Lipinski definition) is 5. The molecular formula is C14H17N5O3. The highest BCUT2D eigenvalue weighted by atomic mass is 16.2. The summed E-state index contributed by atoms with van der Waals surface area (Å²) < 4.78 is 2.14. The summed E-state index contributed by atoms with van der Waals surface area (Å²) in [6, 6.07) is 6.92. The quantitative estimate of drug-likeness (QED) is 0.719. The zero-order valence-electron chi connectivity index (χ0n) is 12.3. The Morgan fingerprint density at radius 1 is 1.18 bits per heavy atom. The third-order valence-corrected chi connectivity index (χ3v) is 3.23. The molecule has 0 saturated carbocycles. The first kappa shape index (κ1) is 15.4. The molecule has 1 amide bonds. The van der Waals surface area contributed by atoms with Gasteiger partial charge in [0.1, 0.15) is 11.5 Å². The summed E-state index contributed by atoms with van der Waals surface area (Å²) >= 11 is 0. The molecule has 0 bridgehead atoms. The Hall–Kier alpha value is -3.03.